The molecule has 0 fully saturated rings. The number of amides is 1. The first-order valence-corrected chi connectivity index (χ1v) is 8.78. The standard InChI is InChI=1S/C19H22BrFN2O3/c1-23(2)17(12-6-5-7-13(21)8-12)11-22-19(24)15-9-14(25-3)10-16(20)18(15)26-4/h5-10,17H,11H2,1-4H3,(H,22,24). The van der Waals surface area contributed by atoms with Gasteiger partial charge in [-0.15, -0.1) is 0 Å². The Bertz CT molecular complexity index is 783. The maximum atomic E-state index is 13.5. The van der Waals surface area contributed by atoms with E-state index in [0.29, 0.717) is 28.1 Å². The second-order valence-corrected chi connectivity index (χ2v) is 6.79. The van der Waals surface area contributed by atoms with Gasteiger partial charge in [0.25, 0.3) is 5.91 Å². The lowest BCUT2D eigenvalue weighted by Crippen LogP contribution is -2.34. The number of carbonyl (C=O) groups excluding carboxylic acids is 1. The van der Waals surface area contributed by atoms with Gasteiger partial charge < -0.3 is 19.7 Å². The number of benzene rings is 2. The number of ether oxygens (including phenoxy) is 2. The van der Waals surface area contributed by atoms with Crippen molar-refractivity contribution < 1.29 is 18.7 Å². The van der Waals surface area contributed by atoms with Crippen molar-refractivity contribution in [2.45, 2.75) is 6.04 Å². The Balaban J connectivity index is 2.22. The second kappa shape index (κ2) is 9.00. The van der Waals surface area contributed by atoms with Crippen molar-refractivity contribution in [1.82, 2.24) is 10.2 Å². The number of methoxy groups -OCH3 is 2. The highest BCUT2D eigenvalue weighted by Gasteiger charge is 2.20. The average molecular weight is 425 g/mol. The molecule has 0 saturated carbocycles. The van der Waals surface area contributed by atoms with Crippen LogP contribution in [0.5, 0.6) is 11.5 Å². The highest BCUT2D eigenvalue weighted by atomic mass is 79.9. The largest absolute Gasteiger partial charge is 0.497 e. The Hall–Kier alpha value is -2.12. The van der Waals surface area contributed by atoms with E-state index in [1.807, 2.05) is 25.1 Å². The maximum absolute atomic E-state index is 13.5. The van der Waals surface area contributed by atoms with E-state index in [1.165, 1.54) is 26.4 Å². The summed E-state index contributed by atoms with van der Waals surface area (Å²) in [5, 5.41) is 2.89. The number of hydrogen-bond acceptors (Lipinski definition) is 4. The molecule has 0 heterocycles. The molecule has 0 spiro atoms. The molecule has 0 bridgehead atoms. The summed E-state index contributed by atoms with van der Waals surface area (Å²) in [6.45, 7) is 0.313. The van der Waals surface area contributed by atoms with Gasteiger partial charge in [0.15, 0.2) is 0 Å². The van der Waals surface area contributed by atoms with Crippen LogP contribution in [0.4, 0.5) is 4.39 Å². The minimum atomic E-state index is -0.306. The van der Waals surface area contributed by atoms with Crippen LogP contribution >= 0.6 is 15.9 Å². The zero-order chi connectivity index (χ0) is 19.3. The van der Waals surface area contributed by atoms with Gasteiger partial charge in [-0.25, -0.2) is 4.39 Å². The van der Waals surface area contributed by atoms with Gasteiger partial charge in [-0.2, -0.15) is 0 Å². The first-order chi connectivity index (χ1) is 12.4. The Morgan fingerprint density at radius 1 is 1.23 bits per heavy atom. The van der Waals surface area contributed by atoms with Gasteiger partial charge in [-0.1, -0.05) is 12.1 Å². The Morgan fingerprint density at radius 3 is 2.54 bits per heavy atom. The molecule has 7 heteroatoms. The van der Waals surface area contributed by atoms with Crippen molar-refractivity contribution in [3.05, 3.63) is 57.8 Å². The van der Waals surface area contributed by atoms with Crippen LogP contribution in [0.2, 0.25) is 0 Å². The van der Waals surface area contributed by atoms with E-state index in [9.17, 15) is 9.18 Å². The molecule has 1 atom stereocenters. The van der Waals surface area contributed by atoms with E-state index in [0.717, 1.165) is 5.56 Å². The van der Waals surface area contributed by atoms with Crippen LogP contribution in [-0.4, -0.2) is 45.7 Å². The molecular weight excluding hydrogens is 403 g/mol. The van der Waals surface area contributed by atoms with Crippen molar-refractivity contribution >= 4 is 21.8 Å². The molecule has 1 unspecified atom stereocenters. The van der Waals surface area contributed by atoms with Gasteiger partial charge in [-0.05, 0) is 59.9 Å². The molecule has 5 nitrogen and oxygen atoms in total. The molecule has 0 aliphatic carbocycles. The van der Waals surface area contributed by atoms with Crippen LogP contribution in [-0.2, 0) is 0 Å². The summed E-state index contributed by atoms with van der Waals surface area (Å²) in [5.74, 6) is 0.358. The SMILES string of the molecule is COc1cc(Br)c(OC)c(C(=O)NCC(c2cccc(F)c2)N(C)C)c1. The lowest BCUT2D eigenvalue weighted by atomic mass is 10.1. The monoisotopic (exact) mass is 424 g/mol. The van der Waals surface area contributed by atoms with Crippen molar-refractivity contribution in [2.24, 2.45) is 0 Å². The number of likely N-dealkylation sites (N-methyl/N-ethyl adjacent to an activating group) is 1. The highest BCUT2D eigenvalue weighted by molar-refractivity contribution is 9.10. The van der Waals surface area contributed by atoms with Gasteiger partial charge in [0.1, 0.15) is 17.3 Å². The second-order valence-electron chi connectivity index (χ2n) is 5.93. The lowest BCUT2D eigenvalue weighted by molar-refractivity contribution is 0.0938. The molecule has 26 heavy (non-hydrogen) atoms. The van der Waals surface area contributed by atoms with Crippen molar-refractivity contribution in [1.29, 1.82) is 0 Å². The van der Waals surface area contributed by atoms with Crippen molar-refractivity contribution in [2.75, 3.05) is 34.9 Å². The molecule has 0 aliphatic rings. The van der Waals surface area contributed by atoms with Crippen LogP contribution in [0.15, 0.2) is 40.9 Å². The van der Waals surface area contributed by atoms with Crippen LogP contribution in [0.25, 0.3) is 0 Å². The quantitative estimate of drug-likeness (QED) is 0.736. The molecule has 2 aromatic carbocycles. The number of nitrogens with one attached hydrogen (secondary N) is 1. The first kappa shape index (κ1) is 20.2. The van der Waals surface area contributed by atoms with E-state index >= 15 is 0 Å². The summed E-state index contributed by atoms with van der Waals surface area (Å²) in [7, 11) is 6.79. The fraction of sp³-hybridized carbons (Fsp3) is 0.316. The predicted octanol–water partition coefficient (Wildman–Crippen LogP) is 3.64. The number of carbonyl (C=O) groups is 1. The van der Waals surface area contributed by atoms with E-state index in [-0.39, 0.29) is 17.8 Å². The third-order valence-corrected chi connectivity index (χ3v) is 4.60. The number of nitrogens with zero attached hydrogens (tertiary/aromatic N) is 1. The van der Waals surface area contributed by atoms with Gasteiger partial charge in [0.05, 0.1) is 30.3 Å². The van der Waals surface area contributed by atoms with E-state index < -0.39 is 0 Å². The summed E-state index contributed by atoms with van der Waals surface area (Å²) in [6, 6.07) is 9.53. The molecule has 1 N–H and O–H groups in total. The molecule has 2 aromatic rings. The fourth-order valence-corrected chi connectivity index (χ4v) is 3.26. The summed E-state index contributed by atoms with van der Waals surface area (Å²) in [4.78, 5) is 14.6. The summed E-state index contributed by atoms with van der Waals surface area (Å²) in [5.41, 5.74) is 1.14. The molecule has 140 valence electrons. The lowest BCUT2D eigenvalue weighted by Gasteiger charge is -2.25. The van der Waals surface area contributed by atoms with Crippen LogP contribution in [0, 0.1) is 5.82 Å². The van der Waals surface area contributed by atoms with Gasteiger partial charge in [-0.3, -0.25) is 4.79 Å². The van der Waals surface area contributed by atoms with Crippen LogP contribution < -0.4 is 14.8 Å². The van der Waals surface area contributed by atoms with Crippen molar-refractivity contribution in [3.8, 4) is 11.5 Å². The smallest absolute Gasteiger partial charge is 0.255 e. The molecule has 1 amide bonds. The molecule has 0 saturated heterocycles. The van der Waals surface area contributed by atoms with Crippen LogP contribution in [0.3, 0.4) is 0 Å². The molecule has 0 aliphatic heterocycles. The normalized spacial score (nSPS) is 12.0. The number of hydrogen-bond donors (Lipinski definition) is 1. The maximum Gasteiger partial charge on any atom is 0.255 e. The zero-order valence-corrected chi connectivity index (χ0v) is 16.8. The predicted molar refractivity (Wildman–Crippen MR) is 102 cm³/mol. The minimum Gasteiger partial charge on any atom is -0.497 e. The van der Waals surface area contributed by atoms with Crippen molar-refractivity contribution in [3.63, 3.8) is 0 Å². The molecule has 2 rings (SSSR count). The molecule has 0 aromatic heterocycles. The third kappa shape index (κ3) is 4.74. The topological polar surface area (TPSA) is 50.8 Å². The van der Waals surface area contributed by atoms with E-state index in [4.69, 9.17) is 9.47 Å². The Kier molecular flexibility index (Phi) is 6.99. The number of halogens is 2. The summed E-state index contributed by atoms with van der Waals surface area (Å²) in [6.07, 6.45) is 0. The zero-order valence-electron chi connectivity index (χ0n) is 15.2. The Labute approximate surface area is 161 Å². The van der Waals surface area contributed by atoms with Gasteiger partial charge >= 0.3 is 0 Å². The third-order valence-electron chi connectivity index (χ3n) is 4.01. The minimum absolute atomic E-state index is 0.172. The van der Waals surface area contributed by atoms with Gasteiger partial charge in [0, 0.05) is 6.54 Å². The first-order valence-electron chi connectivity index (χ1n) is 7.99. The summed E-state index contributed by atoms with van der Waals surface area (Å²) >= 11 is 3.38. The fourth-order valence-electron chi connectivity index (χ4n) is 2.66. The number of rotatable bonds is 7. The van der Waals surface area contributed by atoms with Crippen LogP contribution in [0.1, 0.15) is 22.0 Å². The highest BCUT2D eigenvalue weighted by Crippen LogP contribution is 2.33. The van der Waals surface area contributed by atoms with E-state index in [2.05, 4.69) is 21.2 Å². The van der Waals surface area contributed by atoms with E-state index in [1.54, 1.807) is 18.2 Å². The van der Waals surface area contributed by atoms with Gasteiger partial charge in [0.2, 0.25) is 0 Å². The molecule has 0 radical (unpaired) electrons. The summed E-state index contributed by atoms with van der Waals surface area (Å²) < 4.78 is 24.7. The Morgan fingerprint density at radius 2 is 1.96 bits per heavy atom. The molecular formula is C19H22BrFN2O3. The average Bonchev–Trinajstić information content (AvgIpc) is 2.60.